The van der Waals surface area contributed by atoms with Gasteiger partial charge < -0.3 is 14.9 Å². The van der Waals surface area contributed by atoms with Crippen LogP contribution in [0.5, 0.6) is 5.75 Å². The van der Waals surface area contributed by atoms with Crippen LogP contribution in [-0.4, -0.2) is 22.8 Å². The van der Waals surface area contributed by atoms with E-state index in [1.807, 2.05) is 0 Å². The molecule has 4 heteroatoms. The fraction of sp³-hybridized carbons (Fsp3) is 0.222. The lowest BCUT2D eigenvalue weighted by Gasteiger charge is -2.00. The second kappa shape index (κ2) is 2.74. The molecular formula is C9H8O4. The maximum Gasteiger partial charge on any atom is 0.335 e. The summed E-state index contributed by atoms with van der Waals surface area (Å²) in [5.41, 5.74) is 0.725. The number of aliphatic hydroxyl groups is 1. The van der Waals surface area contributed by atoms with Gasteiger partial charge in [0.15, 0.2) is 0 Å². The fourth-order valence-electron chi connectivity index (χ4n) is 1.33. The highest BCUT2D eigenvalue weighted by atomic mass is 16.5. The standard InChI is InChI=1S/C9H8O4/c10-7-4-13-8-2-1-5(9(11)12)3-6(7)8/h1-3,7,10H,4H2,(H,11,12)/t7-/m1/s1. The quantitative estimate of drug-likeness (QED) is 0.671. The average Bonchev–Trinajstić information content (AvgIpc) is 2.47. The van der Waals surface area contributed by atoms with Gasteiger partial charge in [-0.25, -0.2) is 4.79 Å². The zero-order valence-corrected chi connectivity index (χ0v) is 6.73. The van der Waals surface area contributed by atoms with Gasteiger partial charge in [-0.15, -0.1) is 0 Å². The molecule has 0 fully saturated rings. The molecule has 0 aromatic heterocycles. The molecule has 1 aromatic carbocycles. The van der Waals surface area contributed by atoms with Crippen LogP contribution >= 0.6 is 0 Å². The van der Waals surface area contributed by atoms with Crippen LogP contribution in [0.3, 0.4) is 0 Å². The molecule has 68 valence electrons. The van der Waals surface area contributed by atoms with Crippen molar-refractivity contribution in [2.45, 2.75) is 6.10 Å². The third-order valence-corrected chi connectivity index (χ3v) is 2.01. The SMILES string of the molecule is O=C(O)c1ccc2c(c1)[C@H](O)CO2. The van der Waals surface area contributed by atoms with Crippen LogP contribution in [0.1, 0.15) is 22.0 Å². The molecule has 1 heterocycles. The predicted molar refractivity (Wildman–Crippen MR) is 43.9 cm³/mol. The monoisotopic (exact) mass is 180 g/mol. The van der Waals surface area contributed by atoms with Gasteiger partial charge in [-0.2, -0.15) is 0 Å². The number of benzene rings is 1. The van der Waals surface area contributed by atoms with Crippen LogP contribution in [0.15, 0.2) is 18.2 Å². The summed E-state index contributed by atoms with van der Waals surface area (Å²) in [4.78, 5) is 10.6. The number of hydrogen-bond donors (Lipinski definition) is 2. The van der Waals surface area contributed by atoms with Crippen molar-refractivity contribution in [3.05, 3.63) is 29.3 Å². The summed E-state index contributed by atoms with van der Waals surface area (Å²) < 4.78 is 5.10. The molecule has 2 rings (SSSR count). The van der Waals surface area contributed by atoms with Crippen molar-refractivity contribution in [3.63, 3.8) is 0 Å². The molecule has 0 amide bonds. The lowest BCUT2D eigenvalue weighted by Crippen LogP contribution is -1.99. The van der Waals surface area contributed by atoms with Crippen molar-refractivity contribution >= 4 is 5.97 Å². The van der Waals surface area contributed by atoms with E-state index in [0.29, 0.717) is 11.3 Å². The molecule has 0 aliphatic carbocycles. The lowest BCUT2D eigenvalue weighted by molar-refractivity contribution is 0.0696. The first-order valence-corrected chi connectivity index (χ1v) is 3.86. The van der Waals surface area contributed by atoms with Crippen LogP contribution in [0.25, 0.3) is 0 Å². The molecule has 0 saturated heterocycles. The molecule has 1 atom stereocenters. The zero-order chi connectivity index (χ0) is 9.42. The summed E-state index contributed by atoms with van der Waals surface area (Å²) in [6.07, 6.45) is -0.700. The van der Waals surface area contributed by atoms with E-state index in [1.54, 1.807) is 6.07 Å². The second-order valence-corrected chi connectivity index (χ2v) is 2.88. The van der Waals surface area contributed by atoms with Crippen LogP contribution in [0, 0.1) is 0 Å². The number of fused-ring (bicyclic) bond motifs is 1. The van der Waals surface area contributed by atoms with Crippen molar-refractivity contribution < 1.29 is 19.7 Å². The number of aliphatic hydroxyl groups excluding tert-OH is 1. The molecule has 1 aliphatic heterocycles. The number of hydrogen-bond acceptors (Lipinski definition) is 3. The minimum atomic E-state index is -0.998. The first kappa shape index (κ1) is 8.07. The molecule has 1 aromatic rings. The van der Waals surface area contributed by atoms with Gasteiger partial charge in [-0.05, 0) is 18.2 Å². The van der Waals surface area contributed by atoms with Crippen molar-refractivity contribution in [2.24, 2.45) is 0 Å². The molecule has 0 saturated carbocycles. The molecule has 0 unspecified atom stereocenters. The summed E-state index contributed by atoms with van der Waals surface area (Å²) >= 11 is 0. The number of rotatable bonds is 1. The van der Waals surface area contributed by atoms with Gasteiger partial charge in [-0.1, -0.05) is 0 Å². The van der Waals surface area contributed by atoms with E-state index in [4.69, 9.17) is 9.84 Å². The Labute approximate surface area is 74.4 Å². The highest BCUT2D eigenvalue weighted by Gasteiger charge is 2.22. The Morgan fingerprint density at radius 2 is 2.31 bits per heavy atom. The van der Waals surface area contributed by atoms with E-state index < -0.39 is 12.1 Å². The largest absolute Gasteiger partial charge is 0.490 e. The predicted octanol–water partition coefficient (Wildman–Crippen LogP) is 0.811. The normalized spacial score (nSPS) is 19.3. The molecular weight excluding hydrogens is 172 g/mol. The molecule has 0 radical (unpaired) electrons. The first-order valence-electron chi connectivity index (χ1n) is 3.86. The molecule has 1 aliphatic rings. The number of carboxylic acid groups (broad SMARTS) is 1. The summed E-state index contributed by atoms with van der Waals surface area (Å²) in [5, 5.41) is 18.0. The van der Waals surface area contributed by atoms with Gasteiger partial charge in [0.25, 0.3) is 0 Å². The van der Waals surface area contributed by atoms with Crippen LogP contribution < -0.4 is 4.74 Å². The van der Waals surface area contributed by atoms with E-state index in [1.165, 1.54) is 12.1 Å². The van der Waals surface area contributed by atoms with E-state index >= 15 is 0 Å². The maximum atomic E-state index is 10.6. The Kier molecular flexibility index (Phi) is 1.70. The van der Waals surface area contributed by atoms with Gasteiger partial charge in [0, 0.05) is 5.56 Å². The zero-order valence-electron chi connectivity index (χ0n) is 6.73. The molecule has 13 heavy (non-hydrogen) atoms. The van der Waals surface area contributed by atoms with Crippen molar-refractivity contribution in [1.82, 2.24) is 0 Å². The summed E-state index contributed by atoms with van der Waals surface area (Å²) in [6.45, 7) is 0.207. The third kappa shape index (κ3) is 1.25. The summed E-state index contributed by atoms with van der Waals surface area (Å²) in [7, 11) is 0. The Hall–Kier alpha value is -1.55. The van der Waals surface area contributed by atoms with Crippen molar-refractivity contribution in [3.8, 4) is 5.75 Å². The summed E-state index contributed by atoms with van der Waals surface area (Å²) in [6, 6.07) is 4.46. The molecule has 0 bridgehead atoms. The van der Waals surface area contributed by atoms with E-state index in [2.05, 4.69) is 0 Å². The number of carboxylic acids is 1. The summed E-state index contributed by atoms with van der Waals surface area (Å²) in [5.74, 6) is -0.431. The highest BCUT2D eigenvalue weighted by molar-refractivity contribution is 5.88. The van der Waals surface area contributed by atoms with Gasteiger partial charge in [-0.3, -0.25) is 0 Å². The Morgan fingerprint density at radius 1 is 1.54 bits per heavy atom. The van der Waals surface area contributed by atoms with Gasteiger partial charge >= 0.3 is 5.97 Å². The minimum absolute atomic E-state index is 0.170. The smallest absolute Gasteiger partial charge is 0.335 e. The Bertz CT molecular complexity index is 359. The van der Waals surface area contributed by atoms with Gasteiger partial charge in [0.05, 0.1) is 5.56 Å². The minimum Gasteiger partial charge on any atom is -0.490 e. The topological polar surface area (TPSA) is 66.8 Å². The second-order valence-electron chi connectivity index (χ2n) is 2.88. The van der Waals surface area contributed by atoms with Crippen LogP contribution in [-0.2, 0) is 0 Å². The third-order valence-electron chi connectivity index (χ3n) is 2.01. The molecule has 4 nitrogen and oxygen atoms in total. The Balaban J connectivity index is 2.47. The van der Waals surface area contributed by atoms with E-state index in [-0.39, 0.29) is 12.2 Å². The Morgan fingerprint density at radius 3 is 3.00 bits per heavy atom. The van der Waals surface area contributed by atoms with E-state index in [0.717, 1.165) is 0 Å². The number of ether oxygens (including phenoxy) is 1. The lowest BCUT2D eigenvalue weighted by atomic mass is 10.1. The highest BCUT2D eigenvalue weighted by Crippen LogP contribution is 2.32. The van der Waals surface area contributed by atoms with Crippen LogP contribution in [0.4, 0.5) is 0 Å². The van der Waals surface area contributed by atoms with Crippen molar-refractivity contribution in [1.29, 1.82) is 0 Å². The van der Waals surface area contributed by atoms with E-state index in [9.17, 15) is 9.90 Å². The number of carbonyl (C=O) groups is 1. The van der Waals surface area contributed by atoms with Gasteiger partial charge in [0.2, 0.25) is 0 Å². The average molecular weight is 180 g/mol. The van der Waals surface area contributed by atoms with Crippen LogP contribution in [0.2, 0.25) is 0 Å². The van der Waals surface area contributed by atoms with Gasteiger partial charge in [0.1, 0.15) is 18.5 Å². The van der Waals surface area contributed by atoms with Crippen molar-refractivity contribution in [2.75, 3.05) is 6.61 Å². The first-order chi connectivity index (χ1) is 6.18. The molecule has 2 N–H and O–H groups in total. The maximum absolute atomic E-state index is 10.6. The molecule has 0 spiro atoms. The fourth-order valence-corrected chi connectivity index (χ4v) is 1.33. The number of aromatic carboxylic acids is 1.